The Labute approximate surface area is 144 Å². The van der Waals surface area contributed by atoms with Crippen molar-refractivity contribution in [1.29, 1.82) is 0 Å². The van der Waals surface area contributed by atoms with Gasteiger partial charge in [-0.15, -0.1) is 0 Å². The number of carboxylic acid groups (broad SMARTS) is 1. The van der Waals surface area contributed by atoms with Gasteiger partial charge >= 0.3 is 5.97 Å². The van der Waals surface area contributed by atoms with Crippen molar-refractivity contribution in [3.05, 3.63) is 35.5 Å². The summed E-state index contributed by atoms with van der Waals surface area (Å²) in [6.07, 6.45) is 0.871. The molecule has 0 aliphatic carbocycles. The van der Waals surface area contributed by atoms with Gasteiger partial charge in [-0.1, -0.05) is 17.3 Å². The van der Waals surface area contributed by atoms with Crippen molar-refractivity contribution in [2.45, 2.75) is 32.6 Å². The molecule has 8 heteroatoms. The molecular weight excluding hydrogens is 329 g/mol. The van der Waals surface area contributed by atoms with E-state index in [9.17, 15) is 14.0 Å². The van der Waals surface area contributed by atoms with Crippen LogP contribution in [-0.4, -0.2) is 45.6 Å². The van der Waals surface area contributed by atoms with Crippen LogP contribution < -0.4 is 0 Å². The second-order valence-corrected chi connectivity index (χ2v) is 5.79. The van der Waals surface area contributed by atoms with E-state index in [-0.39, 0.29) is 36.8 Å². The Morgan fingerprint density at radius 3 is 2.76 bits per heavy atom. The number of halogens is 1. The summed E-state index contributed by atoms with van der Waals surface area (Å²) in [6.45, 7) is 2.04. The first kappa shape index (κ1) is 18.6. The van der Waals surface area contributed by atoms with Gasteiger partial charge in [-0.3, -0.25) is 9.59 Å². The number of rotatable bonds is 8. The van der Waals surface area contributed by atoms with Crippen LogP contribution in [0.2, 0.25) is 0 Å². The molecule has 1 heterocycles. The zero-order valence-corrected chi connectivity index (χ0v) is 14.2. The molecule has 0 fully saturated rings. The van der Waals surface area contributed by atoms with Crippen LogP contribution in [0.4, 0.5) is 4.39 Å². The topological polar surface area (TPSA) is 96.5 Å². The maximum atomic E-state index is 13.6. The number of hydrogen-bond acceptors (Lipinski definition) is 5. The zero-order valence-electron chi connectivity index (χ0n) is 14.2. The van der Waals surface area contributed by atoms with Crippen LogP contribution in [-0.2, 0) is 16.0 Å². The number of aromatic nitrogens is 2. The molecule has 0 spiro atoms. The number of benzene rings is 1. The molecule has 0 bridgehead atoms. The van der Waals surface area contributed by atoms with Gasteiger partial charge in [0.25, 0.3) is 0 Å². The first-order valence-electron chi connectivity index (χ1n) is 7.91. The first-order chi connectivity index (χ1) is 11.9. The van der Waals surface area contributed by atoms with Crippen LogP contribution in [0.25, 0.3) is 11.4 Å². The number of carbonyl (C=O) groups is 2. The molecular formula is C17H20FN3O4. The summed E-state index contributed by atoms with van der Waals surface area (Å²) in [6, 6.07) is 4.68. The minimum absolute atomic E-state index is 0.0255. The summed E-state index contributed by atoms with van der Waals surface area (Å²) in [5, 5.41) is 12.4. The fourth-order valence-electron chi connectivity index (χ4n) is 2.20. The average molecular weight is 349 g/mol. The fraction of sp³-hybridized carbons (Fsp3) is 0.412. The van der Waals surface area contributed by atoms with Gasteiger partial charge in [0.05, 0.1) is 0 Å². The number of aliphatic carboxylic acids is 1. The van der Waals surface area contributed by atoms with E-state index >= 15 is 0 Å². The van der Waals surface area contributed by atoms with Crippen molar-refractivity contribution in [2.75, 3.05) is 13.6 Å². The van der Waals surface area contributed by atoms with Crippen LogP contribution in [0, 0.1) is 12.7 Å². The van der Waals surface area contributed by atoms with Gasteiger partial charge in [-0.25, -0.2) is 4.39 Å². The van der Waals surface area contributed by atoms with Gasteiger partial charge in [0, 0.05) is 38.4 Å². The number of nitrogens with zero attached hydrogens (tertiary/aromatic N) is 3. The Balaban J connectivity index is 1.87. The SMILES string of the molecule is Cc1ccc(-c2noc(CCC(=O)N(C)CCCC(=O)O)n2)cc1F. The zero-order chi connectivity index (χ0) is 18.4. The first-order valence-corrected chi connectivity index (χ1v) is 7.91. The molecule has 2 rings (SSSR count). The number of aryl methyl sites for hydroxylation is 2. The third kappa shape index (κ3) is 5.37. The van der Waals surface area contributed by atoms with Crippen molar-refractivity contribution in [2.24, 2.45) is 0 Å². The van der Waals surface area contributed by atoms with Crippen LogP contribution in [0.5, 0.6) is 0 Å². The predicted molar refractivity (Wildman–Crippen MR) is 87.3 cm³/mol. The van der Waals surface area contributed by atoms with Gasteiger partial charge in [-0.2, -0.15) is 4.98 Å². The molecule has 0 aliphatic heterocycles. The minimum atomic E-state index is -0.883. The van der Waals surface area contributed by atoms with Crippen molar-refractivity contribution < 1.29 is 23.6 Å². The summed E-state index contributed by atoms with van der Waals surface area (Å²) in [5.41, 5.74) is 1.04. The van der Waals surface area contributed by atoms with Gasteiger partial charge in [-0.05, 0) is 25.0 Å². The highest BCUT2D eigenvalue weighted by Crippen LogP contribution is 2.19. The Bertz CT molecular complexity index is 760. The quantitative estimate of drug-likeness (QED) is 0.786. The highest BCUT2D eigenvalue weighted by Gasteiger charge is 2.14. The van der Waals surface area contributed by atoms with Crippen molar-refractivity contribution >= 4 is 11.9 Å². The predicted octanol–water partition coefficient (Wildman–Crippen LogP) is 2.44. The average Bonchev–Trinajstić information content (AvgIpc) is 3.03. The lowest BCUT2D eigenvalue weighted by Crippen LogP contribution is -2.28. The van der Waals surface area contributed by atoms with Gasteiger partial charge in [0.15, 0.2) is 0 Å². The Morgan fingerprint density at radius 2 is 2.08 bits per heavy atom. The summed E-state index contributed by atoms with van der Waals surface area (Å²) >= 11 is 0. The molecule has 1 aromatic heterocycles. The summed E-state index contributed by atoms with van der Waals surface area (Å²) in [4.78, 5) is 28.1. The van der Waals surface area contributed by atoms with E-state index in [0.717, 1.165) is 0 Å². The molecule has 0 atom stereocenters. The van der Waals surface area contributed by atoms with E-state index in [4.69, 9.17) is 9.63 Å². The fourth-order valence-corrected chi connectivity index (χ4v) is 2.20. The minimum Gasteiger partial charge on any atom is -0.481 e. The molecule has 0 radical (unpaired) electrons. The second-order valence-electron chi connectivity index (χ2n) is 5.79. The van der Waals surface area contributed by atoms with E-state index in [1.807, 2.05) is 0 Å². The Kier molecular flexibility index (Phi) is 6.21. The molecule has 1 aromatic carbocycles. The van der Waals surface area contributed by atoms with Gasteiger partial charge < -0.3 is 14.5 Å². The molecule has 1 N–H and O–H groups in total. The third-order valence-electron chi connectivity index (χ3n) is 3.76. The van der Waals surface area contributed by atoms with E-state index < -0.39 is 5.97 Å². The van der Waals surface area contributed by atoms with E-state index in [0.29, 0.717) is 30.0 Å². The lowest BCUT2D eigenvalue weighted by atomic mass is 10.1. The van der Waals surface area contributed by atoms with Crippen LogP contribution >= 0.6 is 0 Å². The molecule has 0 unspecified atom stereocenters. The largest absolute Gasteiger partial charge is 0.481 e. The summed E-state index contributed by atoms with van der Waals surface area (Å²) in [7, 11) is 1.62. The lowest BCUT2D eigenvalue weighted by Gasteiger charge is -2.15. The number of carboxylic acids is 1. The normalized spacial score (nSPS) is 10.7. The van der Waals surface area contributed by atoms with Crippen molar-refractivity contribution in [1.82, 2.24) is 15.0 Å². The Hall–Kier alpha value is -2.77. The molecule has 1 amide bonds. The maximum Gasteiger partial charge on any atom is 0.303 e. The number of carbonyl (C=O) groups excluding carboxylic acids is 1. The molecule has 134 valence electrons. The summed E-state index contributed by atoms with van der Waals surface area (Å²) < 4.78 is 18.7. The number of hydrogen-bond donors (Lipinski definition) is 1. The number of amides is 1. The lowest BCUT2D eigenvalue weighted by molar-refractivity contribution is -0.138. The van der Waals surface area contributed by atoms with E-state index in [1.54, 1.807) is 26.1 Å². The molecule has 0 aliphatic rings. The van der Waals surface area contributed by atoms with Crippen LogP contribution in [0.15, 0.2) is 22.7 Å². The highest BCUT2D eigenvalue weighted by atomic mass is 19.1. The molecule has 0 saturated heterocycles. The van der Waals surface area contributed by atoms with E-state index in [2.05, 4.69) is 10.1 Å². The smallest absolute Gasteiger partial charge is 0.303 e. The molecule has 2 aromatic rings. The second kappa shape index (κ2) is 8.36. The van der Waals surface area contributed by atoms with E-state index in [1.165, 1.54) is 11.0 Å². The van der Waals surface area contributed by atoms with Crippen molar-refractivity contribution in [3.8, 4) is 11.4 Å². The summed E-state index contributed by atoms with van der Waals surface area (Å²) in [5.74, 6) is -0.792. The molecule has 25 heavy (non-hydrogen) atoms. The third-order valence-corrected chi connectivity index (χ3v) is 3.76. The maximum absolute atomic E-state index is 13.6. The molecule has 0 saturated carbocycles. The van der Waals surface area contributed by atoms with Crippen molar-refractivity contribution in [3.63, 3.8) is 0 Å². The van der Waals surface area contributed by atoms with Crippen LogP contribution in [0.1, 0.15) is 30.7 Å². The standard InChI is InChI=1S/C17H20FN3O4/c1-11-5-6-12(10-13(11)18)17-19-14(25-20-17)7-8-15(22)21(2)9-3-4-16(23)24/h5-6,10H,3-4,7-9H2,1-2H3,(H,23,24). The highest BCUT2D eigenvalue weighted by molar-refractivity contribution is 5.76. The van der Waals surface area contributed by atoms with Gasteiger partial charge in [0.2, 0.25) is 17.6 Å². The molecule has 7 nitrogen and oxygen atoms in total. The monoisotopic (exact) mass is 349 g/mol. The van der Waals surface area contributed by atoms with Gasteiger partial charge in [0.1, 0.15) is 5.82 Å². The van der Waals surface area contributed by atoms with Crippen LogP contribution in [0.3, 0.4) is 0 Å². The Morgan fingerprint density at radius 1 is 1.32 bits per heavy atom.